The maximum Gasteiger partial charge on any atom is 0.331 e. The third kappa shape index (κ3) is 3.71. The van der Waals surface area contributed by atoms with Gasteiger partial charge in [-0.15, -0.1) is 0 Å². The van der Waals surface area contributed by atoms with E-state index in [1.54, 1.807) is 0 Å². The van der Waals surface area contributed by atoms with Crippen molar-refractivity contribution in [3.8, 4) is 0 Å². The van der Waals surface area contributed by atoms with Crippen molar-refractivity contribution in [2.45, 2.75) is 18.9 Å². The van der Waals surface area contributed by atoms with Gasteiger partial charge in [0.2, 0.25) is 0 Å². The third-order valence-electron chi connectivity index (χ3n) is 4.32. The minimum absolute atomic E-state index is 0.0461. The van der Waals surface area contributed by atoms with Crippen LogP contribution in [0.25, 0.3) is 6.08 Å². The summed E-state index contributed by atoms with van der Waals surface area (Å²) in [5.41, 5.74) is 1.68. The number of barbiturate groups is 1. The number of nitrogens with zero attached hydrogens (tertiary/aromatic N) is 2. The second-order valence-corrected chi connectivity index (χ2v) is 6.35. The Balaban J connectivity index is 1.82. The summed E-state index contributed by atoms with van der Waals surface area (Å²) in [6, 6.07) is 6.75. The molecule has 2 aliphatic heterocycles. The fraction of sp³-hybridized carbons (Fsp3) is 0.389. The first-order valence-electron chi connectivity index (χ1n) is 8.23. The Hall–Kier alpha value is -2.67. The topological polar surface area (TPSA) is 79.0 Å². The predicted octanol–water partition coefficient (Wildman–Crippen LogP) is 1.39. The van der Waals surface area contributed by atoms with Gasteiger partial charge in [-0.25, -0.2) is 4.79 Å². The van der Waals surface area contributed by atoms with E-state index in [0.717, 1.165) is 29.0 Å². The molecule has 4 amide bonds. The molecule has 1 atom stereocenters. The number of rotatable bonds is 4. The van der Waals surface area contributed by atoms with Gasteiger partial charge < -0.3 is 9.64 Å². The zero-order valence-electron chi connectivity index (χ0n) is 14.3. The summed E-state index contributed by atoms with van der Waals surface area (Å²) >= 11 is 0. The normalized spacial score (nSPS) is 22.5. The zero-order valence-corrected chi connectivity index (χ0v) is 14.3. The lowest BCUT2D eigenvalue weighted by Gasteiger charge is -2.28. The summed E-state index contributed by atoms with van der Waals surface area (Å²) < 4.78 is 5.49. The maximum atomic E-state index is 12.6. The van der Waals surface area contributed by atoms with Crippen molar-refractivity contribution in [1.29, 1.82) is 0 Å². The van der Waals surface area contributed by atoms with Crippen LogP contribution in [0.3, 0.4) is 0 Å². The van der Waals surface area contributed by atoms with E-state index < -0.39 is 17.8 Å². The molecule has 0 aliphatic carbocycles. The lowest BCUT2D eigenvalue weighted by Crippen LogP contribution is -2.55. The lowest BCUT2D eigenvalue weighted by atomic mass is 10.1. The molecule has 1 aromatic carbocycles. The molecule has 3 rings (SSSR count). The molecule has 1 N–H and O–H groups in total. The first-order valence-corrected chi connectivity index (χ1v) is 8.23. The van der Waals surface area contributed by atoms with Crippen LogP contribution in [0.2, 0.25) is 0 Å². The molecule has 0 aromatic heterocycles. The Morgan fingerprint density at radius 3 is 2.56 bits per heavy atom. The summed E-state index contributed by atoms with van der Waals surface area (Å²) in [5.74, 6) is -1.25. The van der Waals surface area contributed by atoms with E-state index in [1.807, 2.05) is 43.3 Å². The Labute approximate surface area is 146 Å². The Bertz CT molecular complexity index is 718. The van der Waals surface area contributed by atoms with E-state index in [-0.39, 0.29) is 18.2 Å². The summed E-state index contributed by atoms with van der Waals surface area (Å²) in [4.78, 5) is 39.7. The second-order valence-electron chi connectivity index (χ2n) is 6.35. The van der Waals surface area contributed by atoms with Gasteiger partial charge in [0.15, 0.2) is 0 Å². The van der Waals surface area contributed by atoms with Gasteiger partial charge in [0, 0.05) is 26.4 Å². The van der Waals surface area contributed by atoms with E-state index in [0.29, 0.717) is 6.61 Å². The molecule has 25 heavy (non-hydrogen) atoms. The van der Waals surface area contributed by atoms with E-state index in [4.69, 9.17) is 4.74 Å². The number of ether oxygens (including phenoxy) is 1. The number of anilines is 1. The Kier molecular flexibility index (Phi) is 4.85. The van der Waals surface area contributed by atoms with Gasteiger partial charge in [0.1, 0.15) is 5.57 Å². The fourth-order valence-corrected chi connectivity index (χ4v) is 2.89. The summed E-state index contributed by atoms with van der Waals surface area (Å²) in [6.07, 6.45) is 3.06. The van der Waals surface area contributed by atoms with Gasteiger partial charge in [-0.1, -0.05) is 12.1 Å². The van der Waals surface area contributed by atoms with Crippen molar-refractivity contribution < 1.29 is 19.1 Å². The van der Waals surface area contributed by atoms with Gasteiger partial charge in [0.05, 0.1) is 12.6 Å². The smallest absolute Gasteiger partial charge is 0.331 e. The van der Waals surface area contributed by atoms with E-state index in [9.17, 15) is 14.4 Å². The highest BCUT2D eigenvalue weighted by Crippen LogP contribution is 2.20. The fourth-order valence-electron chi connectivity index (χ4n) is 2.89. The number of hydrogen-bond donors (Lipinski definition) is 1. The highest BCUT2D eigenvalue weighted by atomic mass is 16.5. The summed E-state index contributed by atoms with van der Waals surface area (Å²) in [6.45, 7) is 0.795. The quantitative estimate of drug-likeness (QED) is 0.660. The molecule has 7 nitrogen and oxygen atoms in total. The molecule has 2 saturated heterocycles. The molecule has 0 bridgehead atoms. The first kappa shape index (κ1) is 17.2. The molecule has 132 valence electrons. The van der Waals surface area contributed by atoms with Crippen molar-refractivity contribution in [3.05, 3.63) is 35.4 Å². The number of benzene rings is 1. The van der Waals surface area contributed by atoms with Gasteiger partial charge in [-0.3, -0.25) is 19.8 Å². The predicted molar refractivity (Wildman–Crippen MR) is 93.0 cm³/mol. The highest BCUT2D eigenvalue weighted by Gasteiger charge is 2.37. The maximum absolute atomic E-state index is 12.6. The van der Waals surface area contributed by atoms with Crippen LogP contribution in [0.5, 0.6) is 0 Å². The van der Waals surface area contributed by atoms with Gasteiger partial charge in [-0.2, -0.15) is 0 Å². The minimum Gasteiger partial charge on any atom is -0.378 e. The van der Waals surface area contributed by atoms with E-state index >= 15 is 0 Å². The number of amides is 4. The molecule has 0 unspecified atom stereocenters. The molecular formula is C18H21N3O4. The molecule has 0 spiro atoms. The molecule has 0 saturated carbocycles. The molecule has 0 radical (unpaired) electrons. The highest BCUT2D eigenvalue weighted by molar-refractivity contribution is 6.31. The van der Waals surface area contributed by atoms with Gasteiger partial charge in [-0.05, 0) is 36.6 Å². The average molecular weight is 343 g/mol. The number of carbonyl (C=O) groups is 3. The Morgan fingerprint density at radius 2 is 1.96 bits per heavy atom. The monoisotopic (exact) mass is 343 g/mol. The molecule has 2 aliphatic rings. The van der Waals surface area contributed by atoms with Gasteiger partial charge >= 0.3 is 6.03 Å². The molecule has 1 aromatic rings. The van der Waals surface area contributed by atoms with Crippen LogP contribution in [-0.4, -0.2) is 56.1 Å². The molecular weight excluding hydrogens is 322 g/mol. The second kappa shape index (κ2) is 7.06. The average Bonchev–Trinajstić information content (AvgIpc) is 3.09. The summed E-state index contributed by atoms with van der Waals surface area (Å²) in [7, 11) is 3.86. The van der Waals surface area contributed by atoms with Crippen LogP contribution in [0.15, 0.2) is 29.8 Å². The van der Waals surface area contributed by atoms with Crippen LogP contribution < -0.4 is 10.2 Å². The van der Waals surface area contributed by atoms with Crippen LogP contribution in [0.4, 0.5) is 10.5 Å². The van der Waals surface area contributed by atoms with Crippen molar-refractivity contribution in [2.24, 2.45) is 0 Å². The number of nitrogens with one attached hydrogen (secondary N) is 1. The van der Waals surface area contributed by atoms with Gasteiger partial charge in [0.25, 0.3) is 11.8 Å². The summed E-state index contributed by atoms with van der Waals surface area (Å²) in [5, 5.41) is 2.23. The van der Waals surface area contributed by atoms with Crippen molar-refractivity contribution in [2.75, 3.05) is 32.1 Å². The number of carbonyl (C=O) groups excluding carboxylic acids is 3. The lowest BCUT2D eigenvalue weighted by molar-refractivity contribution is -0.131. The van der Waals surface area contributed by atoms with Crippen LogP contribution in [0.1, 0.15) is 18.4 Å². The van der Waals surface area contributed by atoms with Crippen LogP contribution in [0, 0.1) is 0 Å². The van der Waals surface area contributed by atoms with Crippen LogP contribution in [-0.2, 0) is 14.3 Å². The van der Waals surface area contributed by atoms with E-state index in [1.165, 1.54) is 6.08 Å². The molecule has 7 heteroatoms. The molecule has 2 fully saturated rings. The SMILES string of the molecule is CN(C)c1ccc(/C=C2/C(=O)NC(=O)N(C[C@H]3CCCO3)C2=O)cc1. The Morgan fingerprint density at radius 1 is 1.24 bits per heavy atom. The number of urea groups is 1. The standard InChI is InChI=1S/C18H21N3O4/c1-20(2)13-7-5-12(6-8-13)10-15-16(22)19-18(24)21(17(15)23)11-14-4-3-9-25-14/h5-8,10,14H,3-4,9,11H2,1-2H3,(H,19,22,24)/b15-10-/t14-/m1/s1. The van der Waals surface area contributed by atoms with Crippen molar-refractivity contribution in [1.82, 2.24) is 10.2 Å². The zero-order chi connectivity index (χ0) is 18.0. The molecule has 2 heterocycles. The minimum atomic E-state index is -0.689. The van der Waals surface area contributed by atoms with Crippen molar-refractivity contribution in [3.63, 3.8) is 0 Å². The van der Waals surface area contributed by atoms with E-state index in [2.05, 4.69) is 5.32 Å². The number of imide groups is 2. The first-order chi connectivity index (χ1) is 12.0. The third-order valence-corrected chi connectivity index (χ3v) is 4.32. The number of hydrogen-bond acceptors (Lipinski definition) is 5. The largest absolute Gasteiger partial charge is 0.378 e. The van der Waals surface area contributed by atoms with Crippen LogP contribution >= 0.6 is 0 Å². The van der Waals surface area contributed by atoms with Crippen molar-refractivity contribution >= 4 is 29.6 Å².